The van der Waals surface area contributed by atoms with Crippen LogP contribution in [0.2, 0.25) is 0 Å². The van der Waals surface area contributed by atoms with E-state index >= 15 is 0 Å². The van der Waals surface area contributed by atoms with Gasteiger partial charge in [0, 0.05) is 18.2 Å². The van der Waals surface area contributed by atoms with Gasteiger partial charge < -0.3 is 14.8 Å². The summed E-state index contributed by atoms with van der Waals surface area (Å²) in [6.45, 7) is 4.85. The number of likely N-dealkylation sites (N-methyl/N-ethyl adjacent to an activating group) is 1. The van der Waals surface area contributed by atoms with E-state index in [0.29, 0.717) is 6.54 Å². The first-order chi connectivity index (χ1) is 13.3. The Kier molecular flexibility index (Phi) is 7.81. The molecule has 0 aliphatic rings. The summed E-state index contributed by atoms with van der Waals surface area (Å²) in [6.07, 6.45) is 0. The third kappa shape index (κ3) is 5.96. The van der Waals surface area contributed by atoms with E-state index in [1.807, 2.05) is 44.0 Å². The quantitative estimate of drug-likeness (QED) is 0.710. The van der Waals surface area contributed by atoms with Crippen LogP contribution in [-0.4, -0.2) is 38.6 Å². The van der Waals surface area contributed by atoms with Gasteiger partial charge in [-0.3, -0.25) is 9.69 Å². The molecule has 0 saturated carbocycles. The molecule has 0 heterocycles. The molecule has 0 aromatic heterocycles. The summed E-state index contributed by atoms with van der Waals surface area (Å²) in [4.78, 5) is 14.5. The van der Waals surface area contributed by atoms with Gasteiger partial charge in [-0.2, -0.15) is 0 Å². The van der Waals surface area contributed by atoms with E-state index in [9.17, 15) is 9.18 Å². The van der Waals surface area contributed by atoms with Crippen LogP contribution >= 0.6 is 0 Å². The van der Waals surface area contributed by atoms with Crippen LogP contribution in [0.5, 0.6) is 11.5 Å². The smallest absolute Gasteiger partial charge is 0.234 e. The number of carbonyl (C=O) groups excluding carboxylic acids is 1. The Morgan fingerprint density at radius 3 is 2.36 bits per heavy atom. The molecule has 0 aliphatic heterocycles. The van der Waals surface area contributed by atoms with Crippen molar-refractivity contribution in [1.29, 1.82) is 0 Å². The van der Waals surface area contributed by atoms with E-state index in [-0.39, 0.29) is 30.2 Å². The molecule has 0 fully saturated rings. The van der Waals surface area contributed by atoms with Crippen molar-refractivity contribution in [3.8, 4) is 11.5 Å². The summed E-state index contributed by atoms with van der Waals surface area (Å²) in [7, 11) is 5.10. The number of benzene rings is 2. The zero-order chi connectivity index (χ0) is 20.7. The maximum atomic E-state index is 13.2. The van der Waals surface area contributed by atoms with Gasteiger partial charge in [0.1, 0.15) is 17.3 Å². The zero-order valence-corrected chi connectivity index (χ0v) is 17.2. The summed E-state index contributed by atoms with van der Waals surface area (Å²) in [6, 6.07) is 11.7. The monoisotopic (exact) mass is 388 g/mol. The van der Waals surface area contributed by atoms with Gasteiger partial charge in [-0.15, -0.1) is 0 Å². The summed E-state index contributed by atoms with van der Waals surface area (Å²) < 4.78 is 23.8. The van der Waals surface area contributed by atoms with Gasteiger partial charge in [-0.05, 0) is 36.7 Å². The fraction of sp³-hybridized carbons (Fsp3) is 0.409. The van der Waals surface area contributed by atoms with Gasteiger partial charge in [0.05, 0.1) is 26.8 Å². The predicted octanol–water partition coefficient (Wildman–Crippen LogP) is 3.79. The number of carbonyl (C=O) groups is 1. The molecule has 152 valence electrons. The molecule has 2 rings (SSSR count). The first-order valence-corrected chi connectivity index (χ1v) is 9.28. The Morgan fingerprint density at radius 1 is 1.11 bits per heavy atom. The SMILES string of the molecule is COc1ccc(CN(C)CC(=O)NC(c2ccc(F)cc2)C(C)C)c(OC)c1. The van der Waals surface area contributed by atoms with Gasteiger partial charge in [-0.25, -0.2) is 4.39 Å². The van der Waals surface area contributed by atoms with Crippen molar-refractivity contribution >= 4 is 5.91 Å². The molecule has 2 aromatic carbocycles. The van der Waals surface area contributed by atoms with Crippen LogP contribution in [-0.2, 0) is 11.3 Å². The van der Waals surface area contributed by atoms with Crippen LogP contribution in [0, 0.1) is 11.7 Å². The minimum atomic E-state index is -0.286. The lowest BCUT2D eigenvalue weighted by Crippen LogP contribution is -2.38. The highest BCUT2D eigenvalue weighted by Crippen LogP contribution is 2.26. The van der Waals surface area contributed by atoms with E-state index in [1.54, 1.807) is 26.4 Å². The molecule has 0 bridgehead atoms. The first-order valence-electron chi connectivity index (χ1n) is 9.28. The Morgan fingerprint density at radius 2 is 1.79 bits per heavy atom. The summed E-state index contributed by atoms with van der Waals surface area (Å²) >= 11 is 0. The molecule has 1 N–H and O–H groups in total. The number of nitrogens with zero attached hydrogens (tertiary/aromatic N) is 1. The van der Waals surface area contributed by atoms with Crippen molar-refractivity contribution in [1.82, 2.24) is 10.2 Å². The second-order valence-electron chi connectivity index (χ2n) is 7.19. The largest absolute Gasteiger partial charge is 0.497 e. The highest BCUT2D eigenvalue weighted by Gasteiger charge is 2.19. The number of hydrogen-bond donors (Lipinski definition) is 1. The molecular weight excluding hydrogens is 359 g/mol. The molecule has 0 saturated heterocycles. The summed E-state index contributed by atoms with van der Waals surface area (Å²) in [5.41, 5.74) is 1.86. The predicted molar refractivity (Wildman–Crippen MR) is 108 cm³/mol. The van der Waals surface area contributed by atoms with Crippen LogP contribution in [0.15, 0.2) is 42.5 Å². The van der Waals surface area contributed by atoms with E-state index in [1.165, 1.54) is 12.1 Å². The fourth-order valence-electron chi connectivity index (χ4n) is 3.10. The van der Waals surface area contributed by atoms with Gasteiger partial charge >= 0.3 is 0 Å². The number of rotatable bonds is 9. The molecular formula is C22H29FN2O3. The summed E-state index contributed by atoms with van der Waals surface area (Å²) in [5, 5.41) is 3.06. The number of ether oxygens (including phenoxy) is 2. The van der Waals surface area contributed by atoms with E-state index in [0.717, 1.165) is 22.6 Å². The topological polar surface area (TPSA) is 50.8 Å². The molecule has 0 spiro atoms. The fourth-order valence-corrected chi connectivity index (χ4v) is 3.10. The van der Waals surface area contributed by atoms with E-state index < -0.39 is 0 Å². The Balaban J connectivity index is 2.00. The normalized spacial score (nSPS) is 12.1. The third-order valence-electron chi connectivity index (χ3n) is 4.56. The highest BCUT2D eigenvalue weighted by molar-refractivity contribution is 5.78. The van der Waals surface area contributed by atoms with Crippen LogP contribution < -0.4 is 14.8 Å². The molecule has 1 amide bonds. The third-order valence-corrected chi connectivity index (χ3v) is 4.56. The lowest BCUT2D eigenvalue weighted by Gasteiger charge is -2.25. The molecule has 1 atom stereocenters. The van der Waals surface area contributed by atoms with Crippen molar-refractivity contribution in [2.75, 3.05) is 27.8 Å². The van der Waals surface area contributed by atoms with Crippen LogP contribution in [0.25, 0.3) is 0 Å². The Hall–Kier alpha value is -2.60. The minimum Gasteiger partial charge on any atom is -0.497 e. The second kappa shape index (κ2) is 10.1. The molecule has 5 nitrogen and oxygen atoms in total. The van der Waals surface area contributed by atoms with Gasteiger partial charge in [0.15, 0.2) is 0 Å². The van der Waals surface area contributed by atoms with Crippen molar-refractivity contribution in [3.63, 3.8) is 0 Å². The number of halogens is 1. The van der Waals surface area contributed by atoms with Crippen molar-refractivity contribution in [2.24, 2.45) is 5.92 Å². The summed E-state index contributed by atoms with van der Waals surface area (Å²) in [5.74, 6) is 1.25. The number of amides is 1. The van der Waals surface area contributed by atoms with Crippen LogP contribution in [0.4, 0.5) is 4.39 Å². The van der Waals surface area contributed by atoms with Crippen LogP contribution in [0.3, 0.4) is 0 Å². The number of hydrogen-bond acceptors (Lipinski definition) is 4. The number of nitrogens with one attached hydrogen (secondary N) is 1. The number of methoxy groups -OCH3 is 2. The maximum Gasteiger partial charge on any atom is 0.234 e. The van der Waals surface area contributed by atoms with Gasteiger partial charge in [0.2, 0.25) is 5.91 Å². The van der Waals surface area contributed by atoms with Gasteiger partial charge in [0.25, 0.3) is 0 Å². The standard InChI is InChI=1S/C22H29FN2O3/c1-15(2)22(16-6-9-18(23)10-7-16)24-21(26)14-25(3)13-17-8-11-19(27-4)12-20(17)28-5/h6-12,15,22H,13-14H2,1-5H3,(H,24,26). The average molecular weight is 388 g/mol. The molecule has 6 heteroatoms. The lowest BCUT2D eigenvalue weighted by molar-refractivity contribution is -0.123. The van der Waals surface area contributed by atoms with Crippen molar-refractivity contribution < 1.29 is 18.7 Å². The van der Waals surface area contributed by atoms with Crippen molar-refractivity contribution in [3.05, 3.63) is 59.4 Å². The van der Waals surface area contributed by atoms with Crippen LogP contribution in [0.1, 0.15) is 31.0 Å². The molecule has 2 aromatic rings. The molecule has 1 unspecified atom stereocenters. The second-order valence-corrected chi connectivity index (χ2v) is 7.19. The zero-order valence-electron chi connectivity index (χ0n) is 17.2. The first kappa shape index (κ1) is 21.7. The van der Waals surface area contributed by atoms with Crippen molar-refractivity contribution in [2.45, 2.75) is 26.4 Å². The minimum absolute atomic E-state index is 0.0852. The van der Waals surface area contributed by atoms with E-state index in [4.69, 9.17) is 9.47 Å². The lowest BCUT2D eigenvalue weighted by atomic mass is 9.96. The maximum absolute atomic E-state index is 13.2. The average Bonchev–Trinajstić information content (AvgIpc) is 2.67. The Bertz CT molecular complexity index is 778. The molecule has 28 heavy (non-hydrogen) atoms. The molecule has 0 radical (unpaired) electrons. The Labute approximate surface area is 166 Å². The van der Waals surface area contributed by atoms with E-state index in [2.05, 4.69) is 5.32 Å². The molecule has 0 aliphatic carbocycles. The highest BCUT2D eigenvalue weighted by atomic mass is 19.1. The van der Waals surface area contributed by atoms with Gasteiger partial charge in [-0.1, -0.05) is 32.0 Å².